The third-order valence-electron chi connectivity index (χ3n) is 5.59. The number of hydrogen-bond acceptors (Lipinski definition) is 10. The Labute approximate surface area is 228 Å². The number of benzene rings is 3. The molecule has 202 valence electrons. The quantitative estimate of drug-likeness (QED) is 0.152. The second kappa shape index (κ2) is 11.8. The summed E-state index contributed by atoms with van der Waals surface area (Å²) in [4.78, 5) is 24.4. The van der Waals surface area contributed by atoms with E-state index in [1.807, 2.05) is 0 Å². The van der Waals surface area contributed by atoms with Crippen LogP contribution in [0.5, 0.6) is 23.0 Å². The molecule has 10 heteroatoms. The van der Waals surface area contributed by atoms with Gasteiger partial charge in [0.05, 0.1) is 12.5 Å². The molecule has 0 amide bonds. The monoisotopic (exact) mass is 540 g/mol. The lowest BCUT2D eigenvalue weighted by atomic mass is 10.2. The van der Waals surface area contributed by atoms with Gasteiger partial charge in [-0.15, -0.1) is 0 Å². The molecular formula is C30H24N2O8. The van der Waals surface area contributed by atoms with Gasteiger partial charge >= 0.3 is 11.9 Å². The van der Waals surface area contributed by atoms with Gasteiger partial charge < -0.3 is 39.2 Å². The number of anilines is 2. The third-order valence-corrected chi connectivity index (χ3v) is 5.59. The van der Waals surface area contributed by atoms with Crippen molar-refractivity contribution in [2.45, 2.75) is 13.2 Å². The number of hydrogen-bond donors (Lipinski definition) is 2. The largest absolute Gasteiger partial charge is 0.457 e. The van der Waals surface area contributed by atoms with Crippen LogP contribution >= 0.6 is 0 Å². The van der Waals surface area contributed by atoms with Crippen molar-refractivity contribution in [2.24, 2.45) is 0 Å². The fraction of sp³-hybridized carbons (Fsp3) is 0.0667. The maximum absolute atomic E-state index is 12.2. The maximum Gasteiger partial charge on any atom is 0.374 e. The molecule has 0 spiro atoms. The lowest BCUT2D eigenvalue weighted by molar-refractivity contribution is 0.0426. The van der Waals surface area contributed by atoms with Crippen LogP contribution in [0.1, 0.15) is 32.2 Å². The van der Waals surface area contributed by atoms with E-state index < -0.39 is 11.9 Å². The number of carbonyl (C=O) groups excluding carboxylic acids is 2. The Morgan fingerprint density at radius 1 is 0.600 bits per heavy atom. The van der Waals surface area contributed by atoms with Crippen molar-refractivity contribution in [1.29, 1.82) is 0 Å². The maximum atomic E-state index is 12.2. The van der Waals surface area contributed by atoms with Crippen LogP contribution in [0.4, 0.5) is 11.4 Å². The van der Waals surface area contributed by atoms with Crippen LogP contribution in [0.2, 0.25) is 0 Å². The van der Waals surface area contributed by atoms with E-state index in [9.17, 15) is 9.59 Å². The van der Waals surface area contributed by atoms with E-state index in [-0.39, 0.29) is 24.7 Å². The summed E-state index contributed by atoms with van der Waals surface area (Å²) in [7, 11) is 0. The average Bonchev–Trinajstić information content (AvgIpc) is 3.68. The summed E-state index contributed by atoms with van der Waals surface area (Å²) in [5, 5.41) is 0. The Hall–Kier alpha value is -5.64. The van der Waals surface area contributed by atoms with Gasteiger partial charge in [0.15, 0.2) is 0 Å². The van der Waals surface area contributed by atoms with Crippen LogP contribution < -0.4 is 20.9 Å². The fourth-order valence-electron chi connectivity index (χ4n) is 3.70. The summed E-state index contributed by atoms with van der Waals surface area (Å²) in [5.41, 5.74) is 14.0. The smallest absolute Gasteiger partial charge is 0.374 e. The SMILES string of the molecule is Nc1ccc(Oc2cccc(Oc3ccc(N)cc3COC(=O)c3ccco3)c2)c(COC(=O)c2ccco2)c1. The first-order valence-electron chi connectivity index (χ1n) is 12.1. The molecular weight excluding hydrogens is 516 g/mol. The van der Waals surface area contributed by atoms with Gasteiger partial charge in [-0.3, -0.25) is 0 Å². The first kappa shape index (κ1) is 26.0. The van der Waals surface area contributed by atoms with Crippen LogP contribution in [0.25, 0.3) is 0 Å². The van der Waals surface area contributed by atoms with Crippen molar-refractivity contribution in [3.05, 3.63) is 120 Å². The van der Waals surface area contributed by atoms with Crippen molar-refractivity contribution in [1.82, 2.24) is 0 Å². The predicted molar refractivity (Wildman–Crippen MR) is 144 cm³/mol. The zero-order valence-electron chi connectivity index (χ0n) is 21.1. The van der Waals surface area contributed by atoms with E-state index in [0.717, 1.165) is 0 Å². The number of ether oxygens (including phenoxy) is 4. The van der Waals surface area contributed by atoms with E-state index >= 15 is 0 Å². The minimum atomic E-state index is -0.608. The van der Waals surface area contributed by atoms with Crippen LogP contribution in [0.3, 0.4) is 0 Å². The van der Waals surface area contributed by atoms with Crippen molar-refractivity contribution in [3.8, 4) is 23.0 Å². The van der Waals surface area contributed by atoms with Crippen LogP contribution in [0.15, 0.2) is 106 Å². The second-order valence-corrected chi connectivity index (χ2v) is 8.52. The molecule has 5 aromatic rings. The van der Waals surface area contributed by atoms with Crippen LogP contribution in [-0.4, -0.2) is 11.9 Å². The third kappa shape index (κ3) is 6.43. The molecule has 0 radical (unpaired) electrons. The Morgan fingerprint density at radius 2 is 1.07 bits per heavy atom. The minimum absolute atomic E-state index is 0.0817. The number of carbonyl (C=O) groups is 2. The number of nitrogen functional groups attached to an aromatic ring is 2. The van der Waals surface area contributed by atoms with E-state index in [2.05, 4.69) is 0 Å². The normalized spacial score (nSPS) is 10.6. The first-order chi connectivity index (χ1) is 19.4. The molecule has 40 heavy (non-hydrogen) atoms. The van der Waals surface area contributed by atoms with Gasteiger partial charge in [0.25, 0.3) is 0 Å². The summed E-state index contributed by atoms with van der Waals surface area (Å²) < 4.78 is 33.0. The van der Waals surface area contributed by atoms with Gasteiger partial charge in [-0.05, 0) is 72.8 Å². The summed E-state index contributed by atoms with van der Waals surface area (Å²) in [5.74, 6) is 0.770. The molecule has 10 nitrogen and oxygen atoms in total. The molecule has 4 N–H and O–H groups in total. The van der Waals surface area contributed by atoms with E-state index in [1.165, 1.54) is 24.7 Å². The van der Waals surface area contributed by atoms with Gasteiger partial charge in [0.2, 0.25) is 11.5 Å². The Balaban J connectivity index is 1.29. The Bertz CT molecular complexity index is 1490. The zero-order valence-corrected chi connectivity index (χ0v) is 21.1. The summed E-state index contributed by atoms with van der Waals surface area (Å²) in [6, 6.07) is 23.2. The van der Waals surface area contributed by atoms with Gasteiger partial charge in [-0.1, -0.05) is 6.07 Å². The molecule has 2 aromatic heterocycles. The number of rotatable bonds is 10. The summed E-state index contributed by atoms with van der Waals surface area (Å²) in [6.45, 7) is -0.163. The highest BCUT2D eigenvalue weighted by molar-refractivity contribution is 5.86. The molecule has 3 aromatic carbocycles. The molecule has 0 aliphatic rings. The fourth-order valence-corrected chi connectivity index (χ4v) is 3.70. The number of furan rings is 2. The highest BCUT2D eigenvalue weighted by Gasteiger charge is 2.15. The summed E-state index contributed by atoms with van der Waals surface area (Å²) >= 11 is 0. The molecule has 2 heterocycles. The van der Waals surface area contributed by atoms with E-state index in [1.54, 1.807) is 72.8 Å². The molecule has 0 saturated heterocycles. The Morgan fingerprint density at radius 3 is 1.50 bits per heavy atom. The molecule has 0 fully saturated rings. The zero-order chi connectivity index (χ0) is 27.9. The molecule has 0 aliphatic carbocycles. The lowest BCUT2D eigenvalue weighted by Gasteiger charge is -2.15. The number of nitrogens with two attached hydrogens (primary N) is 2. The first-order valence-corrected chi connectivity index (χ1v) is 12.1. The number of esters is 2. The minimum Gasteiger partial charge on any atom is -0.457 e. The van der Waals surface area contributed by atoms with Crippen molar-refractivity contribution >= 4 is 23.3 Å². The molecule has 0 aliphatic heterocycles. The van der Waals surface area contributed by atoms with Gasteiger partial charge in [0.1, 0.15) is 36.2 Å². The van der Waals surface area contributed by atoms with Gasteiger partial charge in [-0.2, -0.15) is 0 Å². The summed E-state index contributed by atoms with van der Waals surface area (Å²) in [6.07, 6.45) is 2.78. The molecule has 0 atom stereocenters. The van der Waals surface area contributed by atoms with Gasteiger partial charge in [-0.25, -0.2) is 9.59 Å². The molecule has 5 rings (SSSR count). The topological polar surface area (TPSA) is 149 Å². The van der Waals surface area contributed by atoms with Crippen molar-refractivity contribution in [3.63, 3.8) is 0 Å². The highest BCUT2D eigenvalue weighted by atomic mass is 16.6. The van der Waals surface area contributed by atoms with Crippen molar-refractivity contribution in [2.75, 3.05) is 11.5 Å². The van der Waals surface area contributed by atoms with E-state index in [4.69, 9.17) is 39.2 Å². The van der Waals surface area contributed by atoms with Crippen molar-refractivity contribution < 1.29 is 37.4 Å². The standard InChI is InChI=1S/C30H24N2O8/c31-21-8-10-25(19(14-21)17-37-29(33)27-6-2-12-35-27)39-23-4-1-5-24(16-23)40-26-11-9-22(32)15-20(26)18-38-30(34)28-7-3-13-36-28/h1-16H,17-18,31-32H2. The molecule has 0 bridgehead atoms. The lowest BCUT2D eigenvalue weighted by Crippen LogP contribution is -2.05. The van der Waals surface area contributed by atoms with E-state index in [0.29, 0.717) is 45.5 Å². The Kier molecular flexibility index (Phi) is 7.68. The molecule has 0 unspecified atom stereocenters. The predicted octanol–water partition coefficient (Wildman–Crippen LogP) is 6.34. The van der Waals surface area contributed by atoms with Gasteiger partial charge in [0, 0.05) is 28.6 Å². The van der Waals surface area contributed by atoms with Crippen LogP contribution in [0, 0.1) is 0 Å². The molecule has 0 saturated carbocycles. The van der Waals surface area contributed by atoms with Crippen LogP contribution in [-0.2, 0) is 22.7 Å². The average molecular weight is 541 g/mol. The second-order valence-electron chi connectivity index (χ2n) is 8.52. The highest BCUT2D eigenvalue weighted by Crippen LogP contribution is 2.33.